The van der Waals surface area contributed by atoms with Crippen LogP contribution >= 0.6 is 0 Å². The van der Waals surface area contributed by atoms with Crippen LogP contribution < -0.4 is 10.2 Å². The number of benzene rings is 2. The number of hydrogen-bond acceptors (Lipinski definition) is 3. The number of carbonyl (C=O) groups is 1. The molecule has 1 N–H and O–H groups in total. The molecule has 0 saturated carbocycles. The summed E-state index contributed by atoms with van der Waals surface area (Å²) in [7, 11) is 0. The Morgan fingerprint density at radius 3 is 2.35 bits per heavy atom. The van der Waals surface area contributed by atoms with E-state index in [4.69, 9.17) is 4.74 Å². The van der Waals surface area contributed by atoms with Crippen LogP contribution in [0.2, 0.25) is 0 Å². The van der Waals surface area contributed by atoms with Gasteiger partial charge in [-0.15, -0.1) is 0 Å². The zero-order chi connectivity index (χ0) is 16.7. The summed E-state index contributed by atoms with van der Waals surface area (Å²) in [5, 5.41) is 4.00. The molecule has 0 aliphatic carbocycles. The summed E-state index contributed by atoms with van der Waals surface area (Å²) in [5.74, 6) is 1.00. The van der Waals surface area contributed by atoms with E-state index in [1.807, 2.05) is 19.1 Å². The van der Waals surface area contributed by atoms with Gasteiger partial charge in [-0.2, -0.15) is 5.10 Å². The second-order valence-corrected chi connectivity index (χ2v) is 5.48. The summed E-state index contributed by atoms with van der Waals surface area (Å²) in [6.07, 6.45) is 1.64. The van der Waals surface area contributed by atoms with E-state index in [1.54, 1.807) is 30.5 Å². The van der Waals surface area contributed by atoms with Crippen molar-refractivity contribution in [2.75, 3.05) is 6.61 Å². The van der Waals surface area contributed by atoms with Crippen molar-refractivity contribution >= 4 is 12.1 Å². The molecule has 0 atom stereocenters. The van der Waals surface area contributed by atoms with E-state index < -0.39 is 0 Å². The van der Waals surface area contributed by atoms with Crippen molar-refractivity contribution in [2.45, 2.75) is 26.7 Å². The minimum atomic E-state index is -0.247. The van der Waals surface area contributed by atoms with Crippen LogP contribution in [0.4, 0.5) is 0 Å². The van der Waals surface area contributed by atoms with Crippen LogP contribution in [0.3, 0.4) is 0 Å². The Hall–Kier alpha value is -2.62. The molecular weight excluding hydrogens is 288 g/mol. The zero-order valence-corrected chi connectivity index (χ0v) is 13.7. The Balaban J connectivity index is 1.92. The molecule has 0 bridgehead atoms. The van der Waals surface area contributed by atoms with Crippen molar-refractivity contribution < 1.29 is 9.53 Å². The molecule has 0 spiro atoms. The molecule has 4 nitrogen and oxygen atoms in total. The minimum absolute atomic E-state index is 0.247. The highest BCUT2D eigenvalue weighted by atomic mass is 16.5. The van der Waals surface area contributed by atoms with Gasteiger partial charge in [-0.1, -0.05) is 38.1 Å². The summed E-state index contributed by atoms with van der Waals surface area (Å²) >= 11 is 0. The van der Waals surface area contributed by atoms with Crippen LogP contribution in [-0.4, -0.2) is 18.7 Å². The van der Waals surface area contributed by atoms with Crippen molar-refractivity contribution in [1.82, 2.24) is 5.43 Å². The fourth-order valence-electron chi connectivity index (χ4n) is 2.07. The van der Waals surface area contributed by atoms with Crippen molar-refractivity contribution in [3.05, 3.63) is 65.2 Å². The smallest absolute Gasteiger partial charge is 0.271 e. The Labute approximate surface area is 137 Å². The van der Waals surface area contributed by atoms with Crippen molar-refractivity contribution in [3.8, 4) is 5.75 Å². The van der Waals surface area contributed by atoms with Gasteiger partial charge >= 0.3 is 0 Å². The molecule has 1 amide bonds. The topological polar surface area (TPSA) is 50.7 Å². The van der Waals surface area contributed by atoms with Crippen molar-refractivity contribution in [1.29, 1.82) is 0 Å². The van der Waals surface area contributed by atoms with E-state index in [-0.39, 0.29) is 5.91 Å². The van der Waals surface area contributed by atoms with Gasteiger partial charge in [0.25, 0.3) is 5.91 Å². The number of ether oxygens (including phenoxy) is 1. The fourth-order valence-corrected chi connectivity index (χ4v) is 2.07. The van der Waals surface area contributed by atoms with Gasteiger partial charge < -0.3 is 4.74 Å². The number of rotatable bonds is 6. The van der Waals surface area contributed by atoms with Gasteiger partial charge in [0.2, 0.25) is 0 Å². The number of nitrogens with zero attached hydrogens (tertiary/aromatic N) is 1. The lowest BCUT2D eigenvalue weighted by Crippen LogP contribution is -2.17. The van der Waals surface area contributed by atoms with Crippen LogP contribution in [0.5, 0.6) is 5.75 Å². The second-order valence-electron chi connectivity index (χ2n) is 5.48. The number of nitrogens with one attached hydrogen (secondary N) is 1. The molecule has 0 fully saturated rings. The summed E-state index contributed by atoms with van der Waals surface area (Å²) in [6, 6.07) is 15.1. The fraction of sp³-hybridized carbons (Fsp3) is 0.263. The third-order valence-electron chi connectivity index (χ3n) is 3.41. The molecule has 2 rings (SSSR count). The predicted molar refractivity (Wildman–Crippen MR) is 93.2 cm³/mol. The van der Waals surface area contributed by atoms with E-state index in [0.717, 1.165) is 11.3 Å². The van der Waals surface area contributed by atoms with Crippen LogP contribution in [0.15, 0.2) is 53.6 Å². The van der Waals surface area contributed by atoms with E-state index in [0.29, 0.717) is 18.1 Å². The highest BCUT2D eigenvalue weighted by Crippen LogP contribution is 2.14. The van der Waals surface area contributed by atoms with Crippen molar-refractivity contribution in [3.63, 3.8) is 0 Å². The third kappa shape index (κ3) is 4.95. The van der Waals surface area contributed by atoms with E-state index in [2.05, 4.69) is 36.5 Å². The Kier molecular flexibility index (Phi) is 5.92. The summed E-state index contributed by atoms with van der Waals surface area (Å²) in [6.45, 7) is 6.83. The van der Waals surface area contributed by atoms with Gasteiger partial charge in [-0.3, -0.25) is 4.79 Å². The molecule has 0 unspecified atom stereocenters. The molecule has 2 aromatic rings. The average molecular weight is 310 g/mol. The van der Waals surface area contributed by atoms with Crippen LogP contribution in [0.1, 0.15) is 48.2 Å². The number of carbonyl (C=O) groups excluding carboxylic acids is 1. The van der Waals surface area contributed by atoms with E-state index in [1.165, 1.54) is 5.56 Å². The van der Waals surface area contributed by atoms with Crippen molar-refractivity contribution in [2.24, 2.45) is 5.10 Å². The lowest BCUT2D eigenvalue weighted by atomic mass is 10.0. The van der Waals surface area contributed by atoms with Gasteiger partial charge in [0, 0.05) is 5.56 Å². The van der Waals surface area contributed by atoms with Gasteiger partial charge in [-0.05, 0) is 48.2 Å². The normalized spacial score (nSPS) is 11.0. The molecule has 23 heavy (non-hydrogen) atoms. The maximum atomic E-state index is 12.0. The minimum Gasteiger partial charge on any atom is -0.494 e. The molecule has 0 aromatic heterocycles. The monoisotopic (exact) mass is 310 g/mol. The van der Waals surface area contributed by atoms with Crippen LogP contribution in [-0.2, 0) is 0 Å². The molecule has 4 heteroatoms. The van der Waals surface area contributed by atoms with Crippen LogP contribution in [0, 0.1) is 0 Å². The van der Waals surface area contributed by atoms with E-state index >= 15 is 0 Å². The molecular formula is C19H22N2O2. The second kappa shape index (κ2) is 8.13. The lowest BCUT2D eigenvalue weighted by Gasteiger charge is -2.05. The lowest BCUT2D eigenvalue weighted by molar-refractivity contribution is 0.0955. The predicted octanol–water partition coefficient (Wildman–Crippen LogP) is 3.97. The summed E-state index contributed by atoms with van der Waals surface area (Å²) in [5.41, 5.74) is 5.29. The third-order valence-corrected chi connectivity index (χ3v) is 3.41. The van der Waals surface area contributed by atoms with Gasteiger partial charge in [0.15, 0.2) is 0 Å². The molecule has 0 radical (unpaired) electrons. The van der Waals surface area contributed by atoms with Gasteiger partial charge in [0.1, 0.15) is 5.75 Å². The molecule has 2 aromatic carbocycles. The largest absolute Gasteiger partial charge is 0.494 e. The molecule has 120 valence electrons. The van der Waals surface area contributed by atoms with Gasteiger partial charge in [-0.25, -0.2) is 5.43 Å². The Morgan fingerprint density at radius 2 is 1.78 bits per heavy atom. The first kappa shape index (κ1) is 16.7. The standard InChI is InChI=1S/C19H22N2O2/c1-4-23-18-11-9-17(10-12-18)19(22)21-20-13-15-5-7-16(8-6-15)14(2)3/h5-14H,4H2,1-3H3,(H,21,22). The first-order valence-corrected chi connectivity index (χ1v) is 7.76. The molecule has 0 aliphatic heterocycles. The maximum absolute atomic E-state index is 12.0. The highest BCUT2D eigenvalue weighted by molar-refractivity contribution is 5.94. The molecule has 0 heterocycles. The SMILES string of the molecule is CCOc1ccc(C(=O)NN=Cc2ccc(C(C)C)cc2)cc1. The highest BCUT2D eigenvalue weighted by Gasteiger charge is 2.04. The zero-order valence-electron chi connectivity index (χ0n) is 13.7. The molecule has 0 aliphatic rings. The number of amides is 1. The first-order chi connectivity index (χ1) is 11.1. The van der Waals surface area contributed by atoms with Gasteiger partial charge in [0.05, 0.1) is 12.8 Å². The Morgan fingerprint density at radius 1 is 1.13 bits per heavy atom. The van der Waals surface area contributed by atoms with Crippen LogP contribution in [0.25, 0.3) is 0 Å². The number of hydrogen-bond donors (Lipinski definition) is 1. The summed E-state index contributed by atoms with van der Waals surface area (Å²) in [4.78, 5) is 12.0. The maximum Gasteiger partial charge on any atom is 0.271 e. The molecule has 0 saturated heterocycles. The quantitative estimate of drug-likeness (QED) is 0.648. The average Bonchev–Trinajstić information content (AvgIpc) is 2.56. The van der Waals surface area contributed by atoms with E-state index in [9.17, 15) is 4.79 Å². The Bertz CT molecular complexity index is 659. The first-order valence-electron chi connectivity index (χ1n) is 7.76. The summed E-state index contributed by atoms with van der Waals surface area (Å²) < 4.78 is 5.34. The number of hydrazone groups is 1.